The molecule has 1 aromatic heterocycles. The molecule has 19 heavy (non-hydrogen) atoms. The number of nitrogens with zero attached hydrogens (tertiary/aromatic N) is 2. The second kappa shape index (κ2) is 6.53. The minimum Gasteiger partial charge on any atom is -0.374 e. The van der Waals surface area contributed by atoms with Crippen LogP contribution >= 0.6 is 0 Å². The maximum absolute atomic E-state index is 6.25. The summed E-state index contributed by atoms with van der Waals surface area (Å²) in [7, 11) is 0. The highest BCUT2D eigenvalue weighted by Crippen LogP contribution is 2.22. The summed E-state index contributed by atoms with van der Waals surface area (Å²) in [5.41, 5.74) is 7.34. The third-order valence-corrected chi connectivity index (χ3v) is 4.17. The molecule has 0 spiro atoms. The summed E-state index contributed by atoms with van der Waals surface area (Å²) in [6.07, 6.45) is 7.89. The van der Waals surface area contributed by atoms with Gasteiger partial charge >= 0.3 is 0 Å². The summed E-state index contributed by atoms with van der Waals surface area (Å²) < 4.78 is 7.92. The average molecular weight is 265 g/mol. The standard InChI is InChI=1S/C15H27N3O/c1-4-13(5-2)18-9-8-12(17-18)10-14(16)15-7-6-11(3)19-15/h8-9,11,13-15H,4-7,10,16H2,1-3H3. The fraction of sp³-hybridized carbons (Fsp3) is 0.800. The summed E-state index contributed by atoms with van der Waals surface area (Å²) in [6.45, 7) is 6.53. The fourth-order valence-corrected chi connectivity index (χ4v) is 2.87. The van der Waals surface area contributed by atoms with Gasteiger partial charge in [-0.25, -0.2) is 0 Å². The number of rotatable bonds is 6. The molecule has 0 aromatic carbocycles. The van der Waals surface area contributed by atoms with E-state index in [1.165, 1.54) is 0 Å². The van der Waals surface area contributed by atoms with Crippen LogP contribution in [0.5, 0.6) is 0 Å². The molecule has 0 radical (unpaired) electrons. The van der Waals surface area contributed by atoms with Crippen LogP contribution in [0.3, 0.4) is 0 Å². The highest BCUT2D eigenvalue weighted by Gasteiger charge is 2.27. The van der Waals surface area contributed by atoms with Crippen molar-refractivity contribution in [1.82, 2.24) is 9.78 Å². The van der Waals surface area contributed by atoms with E-state index >= 15 is 0 Å². The molecule has 108 valence electrons. The first-order chi connectivity index (χ1) is 9.13. The van der Waals surface area contributed by atoms with Crippen molar-refractivity contribution in [2.24, 2.45) is 5.73 Å². The van der Waals surface area contributed by atoms with Crippen LogP contribution in [0.1, 0.15) is 58.2 Å². The second-order valence-corrected chi connectivity index (χ2v) is 5.69. The van der Waals surface area contributed by atoms with E-state index < -0.39 is 0 Å². The van der Waals surface area contributed by atoms with Gasteiger partial charge in [0.25, 0.3) is 0 Å². The maximum atomic E-state index is 6.25. The monoisotopic (exact) mass is 265 g/mol. The van der Waals surface area contributed by atoms with Gasteiger partial charge in [0.2, 0.25) is 0 Å². The van der Waals surface area contributed by atoms with Gasteiger partial charge in [-0.15, -0.1) is 0 Å². The van der Waals surface area contributed by atoms with E-state index in [0.29, 0.717) is 12.1 Å². The zero-order chi connectivity index (χ0) is 13.8. The van der Waals surface area contributed by atoms with Crippen LogP contribution in [-0.2, 0) is 11.2 Å². The van der Waals surface area contributed by atoms with Crippen molar-refractivity contribution >= 4 is 0 Å². The molecule has 3 atom stereocenters. The van der Waals surface area contributed by atoms with Crippen molar-refractivity contribution in [2.45, 2.75) is 77.2 Å². The molecule has 0 amide bonds. The molecule has 4 nitrogen and oxygen atoms in total. The number of aromatic nitrogens is 2. The van der Waals surface area contributed by atoms with Gasteiger partial charge in [-0.1, -0.05) is 13.8 Å². The topological polar surface area (TPSA) is 53.1 Å². The van der Waals surface area contributed by atoms with Crippen molar-refractivity contribution in [3.63, 3.8) is 0 Å². The molecular weight excluding hydrogens is 238 g/mol. The van der Waals surface area contributed by atoms with Gasteiger partial charge in [0, 0.05) is 18.7 Å². The first kappa shape index (κ1) is 14.5. The fourth-order valence-electron chi connectivity index (χ4n) is 2.87. The predicted molar refractivity (Wildman–Crippen MR) is 77.1 cm³/mol. The van der Waals surface area contributed by atoms with Gasteiger partial charge in [-0.3, -0.25) is 4.68 Å². The molecule has 4 heteroatoms. The van der Waals surface area contributed by atoms with E-state index in [1.807, 2.05) is 0 Å². The van der Waals surface area contributed by atoms with Crippen LogP contribution < -0.4 is 5.73 Å². The Hall–Kier alpha value is -0.870. The van der Waals surface area contributed by atoms with Crippen molar-refractivity contribution in [3.05, 3.63) is 18.0 Å². The Morgan fingerprint density at radius 2 is 2.16 bits per heavy atom. The highest BCUT2D eigenvalue weighted by molar-refractivity contribution is 5.03. The third kappa shape index (κ3) is 3.57. The van der Waals surface area contributed by atoms with Crippen LogP contribution in [0.25, 0.3) is 0 Å². The Bertz CT molecular complexity index is 386. The van der Waals surface area contributed by atoms with Crippen LogP contribution in [-0.4, -0.2) is 28.0 Å². The normalized spacial score (nSPS) is 25.1. The van der Waals surface area contributed by atoms with Gasteiger partial charge in [-0.05, 0) is 38.7 Å². The smallest absolute Gasteiger partial charge is 0.0734 e. The zero-order valence-corrected chi connectivity index (χ0v) is 12.4. The Balaban J connectivity index is 1.92. The molecule has 1 fully saturated rings. The summed E-state index contributed by atoms with van der Waals surface area (Å²) in [6, 6.07) is 2.67. The van der Waals surface area contributed by atoms with Gasteiger partial charge in [0.15, 0.2) is 0 Å². The van der Waals surface area contributed by atoms with Crippen molar-refractivity contribution < 1.29 is 4.74 Å². The van der Waals surface area contributed by atoms with E-state index in [9.17, 15) is 0 Å². The van der Waals surface area contributed by atoms with Crippen LogP contribution in [0.4, 0.5) is 0 Å². The minimum atomic E-state index is 0.0648. The lowest BCUT2D eigenvalue weighted by atomic mass is 10.0. The van der Waals surface area contributed by atoms with Gasteiger partial charge < -0.3 is 10.5 Å². The average Bonchev–Trinajstić information content (AvgIpc) is 3.00. The summed E-state index contributed by atoms with van der Waals surface area (Å²) >= 11 is 0. The lowest BCUT2D eigenvalue weighted by Gasteiger charge is -2.18. The molecule has 2 rings (SSSR count). The third-order valence-electron chi connectivity index (χ3n) is 4.17. The molecule has 1 aliphatic heterocycles. The maximum Gasteiger partial charge on any atom is 0.0734 e. The Kier molecular flexibility index (Phi) is 4.99. The number of hydrogen-bond acceptors (Lipinski definition) is 3. The van der Waals surface area contributed by atoms with E-state index in [2.05, 4.69) is 42.8 Å². The largest absolute Gasteiger partial charge is 0.374 e. The number of hydrogen-bond donors (Lipinski definition) is 1. The Labute approximate surface area is 116 Å². The summed E-state index contributed by atoms with van der Waals surface area (Å²) in [5, 5.41) is 4.66. The lowest BCUT2D eigenvalue weighted by molar-refractivity contribution is 0.0402. The Morgan fingerprint density at radius 1 is 1.42 bits per heavy atom. The highest BCUT2D eigenvalue weighted by atomic mass is 16.5. The molecule has 2 N–H and O–H groups in total. The Morgan fingerprint density at radius 3 is 2.74 bits per heavy atom. The SMILES string of the molecule is CCC(CC)n1ccc(CC(N)C2CCC(C)O2)n1. The van der Waals surface area contributed by atoms with E-state index in [4.69, 9.17) is 10.5 Å². The quantitative estimate of drug-likeness (QED) is 0.860. The van der Waals surface area contributed by atoms with E-state index in [0.717, 1.165) is 37.8 Å². The molecule has 3 unspecified atom stereocenters. The zero-order valence-electron chi connectivity index (χ0n) is 12.4. The molecule has 1 aromatic rings. The predicted octanol–water partition coefficient (Wildman–Crippen LogP) is 2.68. The molecule has 0 aliphatic carbocycles. The van der Waals surface area contributed by atoms with E-state index in [1.54, 1.807) is 0 Å². The van der Waals surface area contributed by atoms with Gasteiger partial charge in [0.05, 0.1) is 23.9 Å². The van der Waals surface area contributed by atoms with Crippen molar-refractivity contribution in [3.8, 4) is 0 Å². The first-order valence-corrected chi connectivity index (χ1v) is 7.59. The number of nitrogens with two attached hydrogens (primary N) is 1. The molecule has 0 bridgehead atoms. The van der Waals surface area contributed by atoms with Gasteiger partial charge in [0.1, 0.15) is 0 Å². The van der Waals surface area contributed by atoms with Gasteiger partial charge in [-0.2, -0.15) is 5.10 Å². The van der Waals surface area contributed by atoms with Crippen LogP contribution in [0.2, 0.25) is 0 Å². The molecular formula is C15H27N3O. The number of ether oxygens (including phenoxy) is 1. The molecule has 1 aliphatic rings. The first-order valence-electron chi connectivity index (χ1n) is 7.59. The van der Waals surface area contributed by atoms with Crippen LogP contribution in [0, 0.1) is 0 Å². The van der Waals surface area contributed by atoms with Crippen molar-refractivity contribution in [2.75, 3.05) is 0 Å². The van der Waals surface area contributed by atoms with Crippen LogP contribution in [0.15, 0.2) is 12.3 Å². The summed E-state index contributed by atoms with van der Waals surface area (Å²) in [5.74, 6) is 0. The lowest BCUT2D eigenvalue weighted by Crippen LogP contribution is -2.36. The minimum absolute atomic E-state index is 0.0648. The second-order valence-electron chi connectivity index (χ2n) is 5.69. The molecule has 2 heterocycles. The van der Waals surface area contributed by atoms with E-state index in [-0.39, 0.29) is 12.1 Å². The molecule has 1 saturated heterocycles. The van der Waals surface area contributed by atoms with Crippen molar-refractivity contribution in [1.29, 1.82) is 0 Å². The molecule has 0 saturated carbocycles. The summed E-state index contributed by atoms with van der Waals surface area (Å²) in [4.78, 5) is 0.